The summed E-state index contributed by atoms with van der Waals surface area (Å²) in [6, 6.07) is 7.13. The number of aliphatic carboxylic acids is 1. The Kier molecular flexibility index (Phi) is 8.06. The van der Waals surface area contributed by atoms with Crippen molar-refractivity contribution in [2.45, 2.75) is 32.2 Å². The van der Waals surface area contributed by atoms with Crippen LogP contribution in [0.4, 0.5) is 0 Å². The molecular weight excluding hydrogens is 306 g/mol. The van der Waals surface area contributed by atoms with Crippen LogP contribution in [0.2, 0.25) is 0 Å². The summed E-state index contributed by atoms with van der Waals surface area (Å²) >= 11 is 0. The number of ether oxygens (including phenoxy) is 2. The molecule has 0 bridgehead atoms. The van der Waals surface area contributed by atoms with Gasteiger partial charge in [0.2, 0.25) is 0 Å². The van der Waals surface area contributed by atoms with Gasteiger partial charge < -0.3 is 14.6 Å². The van der Waals surface area contributed by atoms with Crippen molar-refractivity contribution in [1.29, 1.82) is 0 Å². The fourth-order valence-electron chi connectivity index (χ4n) is 2.62. The van der Waals surface area contributed by atoms with Crippen LogP contribution in [0.3, 0.4) is 0 Å². The maximum absolute atomic E-state index is 11.2. The first kappa shape index (κ1) is 18.6. The Labute approximate surface area is 137 Å². The van der Waals surface area contributed by atoms with Crippen LogP contribution in [0, 0.1) is 0 Å². The number of carbonyl (C=O) groups is 1. The second-order valence-corrected chi connectivity index (χ2v) is 5.14. The molecule has 0 spiro atoms. The summed E-state index contributed by atoms with van der Waals surface area (Å²) in [5, 5.41) is 9.21. The van der Waals surface area contributed by atoms with Crippen LogP contribution in [0.25, 0.3) is 0 Å². The van der Waals surface area contributed by atoms with E-state index in [1.54, 1.807) is 0 Å². The summed E-state index contributed by atoms with van der Waals surface area (Å²) in [5.41, 5.74) is 0. The van der Waals surface area contributed by atoms with Gasteiger partial charge in [-0.25, -0.2) is 0 Å². The number of likely N-dealkylation sites (tertiary alicyclic amines) is 1. The Morgan fingerprint density at radius 3 is 2.45 bits per heavy atom. The van der Waals surface area contributed by atoms with Crippen LogP contribution in [-0.2, 0) is 4.79 Å². The zero-order valence-corrected chi connectivity index (χ0v) is 13.7. The minimum Gasteiger partial charge on any atom is -0.494 e. The predicted octanol–water partition coefficient (Wildman–Crippen LogP) is 2.83. The smallest absolute Gasteiger partial charge is 0.320 e. The number of carboxylic acid groups (broad SMARTS) is 1. The Bertz CT molecular complexity index is 452. The monoisotopic (exact) mass is 329 g/mol. The maximum Gasteiger partial charge on any atom is 0.320 e. The number of hydrogen-bond donors (Lipinski definition) is 1. The van der Waals surface area contributed by atoms with Gasteiger partial charge in [0.25, 0.3) is 0 Å². The lowest BCUT2D eigenvalue weighted by atomic mass is 10.0. The number of nitrogens with zero attached hydrogens (tertiary/aromatic N) is 1. The first-order valence-electron chi connectivity index (χ1n) is 7.53. The van der Waals surface area contributed by atoms with E-state index in [2.05, 4.69) is 0 Å². The van der Waals surface area contributed by atoms with Crippen molar-refractivity contribution in [1.82, 2.24) is 4.90 Å². The van der Waals surface area contributed by atoms with Gasteiger partial charge >= 0.3 is 5.97 Å². The maximum atomic E-state index is 11.2. The van der Waals surface area contributed by atoms with Gasteiger partial charge in [0.15, 0.2) is 0 Å². The molecule has 1 aliphatic rings. The van der Waals surface area contributed by atoms with Crippen LogP contribution < -0.4 is 9.47 Å². The Hall–Kier alpha value is -1.46. The molecule has 0 amide bonds. The third-order valence-corrected chi connectivity index (χ3v) is 3.68. The van der Waals surface area contributed by atoms with Gasteiger partial charge in [0.1, 0.15) is 24.1 Å². The molecule has 6 heteroatoms. The Morgan fingerprint density at radius 1 is 1.23 bits per heavy atom. The van der Waals surface area contributed by atoms with Crippen molar-refractivity contribution in [3.63, 3.8) is 0 Å². The van der Waals surface area contributed by atoms with Gasteiger partial charge in [-0.05, 0) is 50.6 Å². The van der Waals surface area contributed by atoms with Gasteiger partial charge in [0.05, 0.1) is 6.61 Å². The zero-order chi connectivity index (χ0) is 15.1. The number of piperidine rings is 1. The molecule has 1 fully saturated rings. The molecule has 1 heterocycles. The molecule has 0 radical (unpaired) electrons. The summed E-state index contributed by atoms with van der Waals surface area (Å²) in [4.78, 5) is 13.2. The van der Waals surface area contributed by atoms with Crippen molar-refractivity contribution in [3.05, 3.63) is 24.3 Å². The minimum absolute atomic E-state index is 0. The molecule has 22 heavy (non-hydrogen) atoms. The number of halogens is 1. The summed E-state index contributed by atoms with van der Waals surface area (Å²) in [7, 11) is 0. The summed E-state index contributed by atoms with van der Waals surface area (Å²) in [6.45, 7) is 4.57. The molecule has 1 aromatic rings. The van der Waals surface area contributed by atoms with E-state index < -0.39 is 5.97 Å². The Balaban J connectivity index is 0.00000242. The minimum atomic E-state index is -0.726. The van der Waals surface area contributed by atoms with E-state index in [0.717, 1.165) is 37.3 Å². The predicted molar refractivity (Wildman–Crippen MR) is 87.2 cm³/mol. The van der Waals surface area contributed by atoms with Crippen LogP contribution >= 0.6 is 12.4 Å². The first-order chi connectivity index (χ1) is 10.2. The lowest BCUT2D eigenvalue weighted by Crippen LogP contribution is -2.46. The molecule has 2 rings (SSSR count). The number of benzene rings is 1. The van der Waals surface area contributed by atoms with E-state index in [1.807, 2.05) is 36.1 Å². The quantitative estimate of drug-likeness (QED) is 0.833. The second-order valence-electron chi connectivity index (χ2n) is 5.14. The number of carboxylic acids is 1. The summed E-state index contributed by atoms with van der Waals surface area (Å²) in [5.74, 6) is 0.880. The van der Waals surface area contributed by atoms with E-state index in [1.165, 1.54) is 0 Å². The molecular formula is C16H24ClNO4. The van der Waals surface area contributed by atoms with E-state index >= 15 is 0 Å². The highest BCUT2D eigenvalue weighted by molar-refractivity contribution is 5.85. The summed E-state index contributed by atoms with van der Waals surface area (Å²) in [6.07, 6.45) is 2.79. The van der Waals surface area contributed by atoms with Gasteiger partial charge in [-0.3, -0.25) is 9.69 Å². The molecule has 1 saturated heterocycles. The molecule has 0 aromatic heterocycles. The normalized spacial score (nSPS) is 18.3. The number of rotatable bonds is 7. The molecule has 1 unspecified atom stereocenters. The summed E-state index contributed by atoms with van der Waals surface area (Å²) < 4.78 is 11.1. The second kappa shape index (κ2) is 9.54. The largest absolute Gasteiger partial charge is 0.494 e. The molecule has 0 saturated carbocycles. The Morgan fingerprint density at radius 2 is 1.86 bits per heavy atom. The van der Waals surface area contributed by atoms with E-state index in [0.29, 0.717) is 19.8 Å². The first-order valence-corrected chi connectivity index (χ1v) is 7.53. The van der Waals surface area contributed by atoms with Gasteiger partial charge in [0, 0.05) is 6.54 Å². The highest BCUT2D eigenvalue weighted by atomic mass is 35.5. The SMILES string of the molecule is CCOc1ccc(OCCN2CCCCC2C(=O)O)cc1.Cl. The number of hydrogen-bond acceptors (Lipinski definition) is 4. The molecule has 1 aliphatic heterocycles. The van der Waals surface area contributed by atoms with Gasteiger partial charge in [-0.1, -0.05) is 6.42 Å². The van der Waals surface area contributed by atoms with Crippen LogP contribution in [0.1, 0.15) is 26.2 Å². The van der Waals surface area contributed by atoms with Gasteiger partial charge in [-0.2, -0.15) is 0 Å². The van der Waals surface area contributed by atoms with Crippen molar-refractivity contribution in [2.75, 3.05) is 26.3 Å². The fourth-order valence-corrected chi connectivity index (χ4v) is 2.62. The van der Waals surface area contributed by atoms with Crippen molar-refractivity contribution < 1.29 is 19.4 Å². The van der Waals surface area contributed by atoms with Gasteiger partial charge in [-0.15, -0.1) is 12.4 Å². The third kappa shape index (κ3) is 5.39. The molecule has 5 nitrogen and oxygen atoms in total. The molecule has 1 N–H and O–H groups in total. The lowest BCUT2D eigenvalue weighted by Gasteiger charge is -2.32. The zero-order valence-electron chi connectivity index (χ0n) is 12.9. The molecule has 124 valence electrons. The lowest BCUT2D eigenvalue weighted by molar-refractivity contribution is -0.144. The highest BCUT2D eigenvalue weighted by Crippen LogP contribution is 2.19. The van der Waals surface area contributed by atoms with Crippen LogP contribution in [0.5, 0.6) is 11.5 Å². The standard InChI is InChI=1S/C16H23NO4.ClH/c1-2-20-13-6-8-14(9-7-13)21-12-11-17-10-4-3-5-15(17)16(18)19;/h6-9,15H,2-5,10-12H2,1H3,(H,18,19);1H. The van der Waals surface area contributed by atoms with Crippen molar-refractivity contribution in [2.24, 2.45) is 0 Å². The molecule has 1 aromatic carbocycles. The highest BCUT2D eigenvalue weighted by Gasteiger charge is 2.27. The van der Waals surface area contributed by atoms with E-state index in [4.69, 9.17) is 9.47 Å². The van der Waals surface area contributed by atoms with E-state index in [-0.39, 0.29) is 18.4 Å². The molecule has 0 aliphatic carbocycles. The van der Waals surface area contributed by atoms with Crippen molar-refractivity contribution >= 4 is 18.4 Å². The third-order valence-electron chi connectivity index (χ3n) is 3.68. The van der Waals surface area contributed by atoms with E-state index in [9.17, 15) is 9.90 Å². The van der Waals surface area contributed by atoms with Crippen molar-refractivity contribution in [3.8, 4) is 11.5 Å². The molecule has 1 atom stereocenters. The average Bonchev–Trinajstić information content (AvgIpc) is 2.50. The van der Waals surface area contributed by atoms with Crippen LogP contribution in [0.15, 0.2) is 24.3 Å². The average molecular weight is 330 g/mol. The topological polar surface area (TPSA) is 59.0 Å². The fraction of sp³-hybridized carbons (Fsp3) is 0.562. The van der Waals surface area contributed by atoms with Crippen LogP contribution in [-0.4, -0.2) is 48.3 Å².